The topological polar surface area (TPSA) is 20.3 Å². The van der Waals surface area contributed by atoms with Gasteiger partial charge in [-0.2, -0.15) is 0 Å². The molecule has 4 aliphatic rings. The van der Waals surface area contributed by atoms with Crippen LogP contribution in [0.25, 0.3) is 0 Å². The minimum atomic E-state index is -1.01. The number of alkyl halides is 1. The Balaban J connectivity index is 1.77. The minimum Gasteiger partial charge on any atom is -0.377 e. The third kappa shape index (κ3) is 1.74. The molecule has 1 unspecified atom stereocenters. The second-order valence-electron chi connectivity index (χ2n) is 8.79. The highest BCUT2D eigenvalue weighted by atomic mass is 19.1. The van der Waals surface area contributed by atoms with Crippen molar-refractivity contribution in [3.05, 3.63) is 11.8 Å². The Bertz CT molecular complexity index is 544. The normalized spacial score (nSPS) is 51.0. The van der Waals surface area contributed by atoms with E-state index in [1.54, 1.807) is 6.08 Å². The fourth-order valence-electron chi connectivity index (χ4n) is 6.55. The second kappa shape index (κ2) is 4.58. The predicted molar refractivity (Wildman–Crippen MR) is 85.0 cm³/mol. The lowest BCUT2D eigenvalue weighted by molar-refractivity contribution is -0.125. The molecule has 1 heterocycles. The number of allylic oxidation sites excluding steroid dienone is 2. The van der Waals surface area contributed by atoms with Gasteiger partial charge in [0.2, 0.25) is 0 Å². The van der Waals surface area contributed by atoms with Crippen molar-refractivity contribution in [3.8, 4) is 0 Å². The quantitative estimate of drug-likeness (QED) is 0.675. The van der Waals surface area contributed by atoms with Gasteiger partial charge in [0.15, 0.2) is 5.78 Å². The van der Waals surface area contributed by atoms with Crippen LogP contribution in [0.3, 0.4) is 0 Å². The molecule has 0 aromatic heterocycles. The molecule has 3 fully saturated rings. The van der Waals surface area contributed by atoms with Crippen molar-refractivity contribution in [3.63, 3.8) is 0 Å². The number of ketones is 1. The maximum atomic E-state index is 15.0. The molecule has 4 rings (SSSR count). The van der Waals surface area contributed by atoms with Gasteiger partial charge in [0.1, 0.15) is 6.17 Å². The zero-order valence-corrected chi connectivity index (χ0v) is 14.1. The standard InChI is InChI=1S/C19H28FNO/c1-18-7-4-5-14(18)13-11-21(3)17-10-12(22)9-16(20)19(17,2)15(13)6-8-18/h10,13-16H,4-9,11H2,1-3H3/t13-,14-,15-,16?,18-,19-/m0/s1. The number of rotatable bonds is 0. The molecule has 22 heavy (non-hydrogen) atoms. The van der Waals surface area contributed by atoms with Crippen LogP contribution in [0.2, 0.25) is 0 Å². The van der Waals surface area contributed by atoms with Gasteiger partial charge in [0.05, 0.1) is 0 Å². The molecule has 1 saturated heterocycles. The largest absolute Gasteiger partial charge is 0.377 e. The first-order chi connectivity index (χ1) is 10.4. The Morgan fingerprint density at radius 3 is 2.77 bits per heavy atom. The molecule has 2 nitrogen and oxygen atoms in total. The molecule has 0 spiro atoms. The van der Waals surface area contributed by atoms with Crippen molar-refractivity contribution in [1.29, 1.82) is 0 Å². The zero-order chi connectivity index (χ0) is 15.7. The monoisotopic (exact) mass is 305 g/mol. The Kier molecular flexibility index (Phi) is 3.06. The maximum absolute atomic E-state index is 15.0. The van der Waals surface area contributed by atoms with Gasteiger partial charge < -0.3 is 4.90 Å². The molecule has 2 saturated carbocycles. The molecular weight excluding hydrogens is 277 g/mol. The summed E-state index contributed by atoms with van der Waals surface area (Å²) in [5, 5.41) is 0. The van der Waals surface area contributed by atoms with Gasteiger partial charge in [0, 0.05) is 37.2 Å². The van der Waals surface area contributed by atoms with Gasteiger partial charge >= 0.3 is 0 Å². The molecule has 0 amide bonds. The van der Waals surface area contributed by atoms with Crippen LogP contribution < -0.4 is 0 Å². The van der Waals surface area contributed by atoms with Crippen LogP contribution in [0, 0.1) is 28.6 Å². The number of hydrogen-bond donors (Lipinski definition) is 0. The highest BCUT2D eigenvalue weighted by Gasteiger charge is 2.60. The first-order valence-corrected chi connectivity index (χ1v) is 8.96. The Labute approximate surface area is 133 Å². The van der Waals surface area contributed by atoms with Gasteiger partial charge in [-0.25, -0.2) is 4.39 Å². The number of halogens is 1. The molecule has 3 heteroatoms. The van der Waals surface area contributed by atoms with E-state index in [9.17, 15) is 4.79 Å². The molecule has 1 aliphatic heterocycles. The lowest BCUT2D eigenvalue weighted by Crippen LogP contribution is -2.59. The van der Waals surface area contributed by atoms with Crippen LogP contribution in [-0.4, -0.2) is 30.4 Å². The highest BCUT2D eigenvalue weighted by molar-refractivity contribution is 5.92. The molecule has 6 atom stereocenters. The highest BCUT2D eigenvalue weighted by Crippen LogP contribution is 2.64. The van der Waals surface area contributed by atoms with Crippen molar-refractivity contribution >= 4 is 5.78 Å². The average molecular weight is 305 g/mol. The second-order valence-corrected chi connectivity index (χ2v) is 8.79. The van der Waals surface area contributed by atoms with Crippen LogP contribution in [0.4, 0.5) is 4.39 Å². The molecule has 0 radical (unpaired) electrons. The summed E-state index contributed by atoms with van der Waals surface area (Å²) < 4.78 is 15.0. The SMILES string of the molecule is CN1C[C@H]2[C@@H]3CCC[C@@]3(C)CC[C@@H]2[C@]2(C)C1=CC(=O)CC2F. The van der Waals surface area contributed by atoms with E-state index in [0.29, 0.717) is 17.3 Å². The Morgan fingerprint density at radius 1 is 1.23 bits per heavy atom. The zero-order valence-electron chi connectivity index (χ0n) is 14.1. The van der Waals surface area contributed by atoms with Gasteiger partial charge in [-0.3, -0.25) is 4.79 Å². The summed E-state index contributed by atoms with van der Waals surface area (Å²) in [7, 11) is 2.06. The minimum absolute atomic E-state index is 0.0354. The summed E-state index contributed by atoms with van der Waals surface area (Å²) in [6.45, 7) is 5.57. The van der Waals surface area contributed by atoms with E-state index >= 15 is 4.39 Å². The smallest absolute Gasteiger partial charge is 0.160 e. The fourth-order valence-corrected chi connectivity index (χ4v) is 6.55. The van der Waals surface area contributed by atoms with E-state index in [0.717, 1.165) is 24.6 Å². The van der Waals surface area contributed by atoms with Crippen molar-refractivity contribution < 1.29 is 9.18 Å². The summed E-state index contributed by atoms with van der Waals surface area (Å²) in [6, 6.07) is 0. The predicted octanol–water partition coefficient (Wildman–Crippen LogP) is 3.97. The van der Waals surface area contributed by atoms with Crippen LogP contribution in [-0.2, 0) is 4.79 Å². The molecule has 0 N–H and O–H groups in total. The van der Waals surface area contributed by atoms with Gasteiger partial charge in [-0.1, -0.05) is 20.3 Å². The first-order valence-electron chi connectivity index (χ1n) is 8.96. The molecule has 0 bridgehead atoms. The summed E-state index contributed by atoms with van der Waals surface area (Å²) in [6.07, 6.45) is 7.19. The number of likely N-dealkylation sites (tertiary alicyclic amines) is 1. The summed E-state index contributed by atoms with van der Waals surface area (Å²) >= 11 is 0. The van der Waals surface area contributed by atoms with E-state index in [1.165, 1.54) is 25.7 Å². The third-order valence-corrected chi connectivity index (χ3v) is 7.77. The van der Waals surface area contributed by atoms with Crippen LogP contribution in [0.15, 0.2) is 11.8 Å². The summed E-state index contributed by atoms with van der Waals surface area (Å²) in [4.78, 5) is 14.1. The lowest BCUT2D eigenvalue weighted by atomic mass is 9.50. The number of fused-ring (bicyclic) bond motifs is 5. The Morgan fingerprint density at radius 2 is 2.00 bits per heavy atom. The molecular formula is C19H28FNO. The van der Waals surface area contributed by atoms with Gasteiger partial charge in [-0.15, -0.1) is 0 Å². The van der Waals surface area contributed by atoms with E-state index in [1.807, 2.05) is 0 Å². The van der Waals surface area contributed by atoms with E-state index in [4.69, 9.17) is 0 Å². The van der Waals surface area contributed by atoms with Gasteiger partial charge in [0.25, 0.3) is 0 Å². The molecule has 0 aromatic rings. The number of piperidine rings is 1. The van der Waals surface area contributed by atoms with Crippen molar-refractivity contribution in [2.75, 3.05) is 13.6 Å². The fraction of sp³-hybridized carbons (Fsp3) is 0.842. The van der Waals surface area contributed by atoms with Gasteiger partial charge in [-0.05, 0) is 48.9 Å². The van der Waals surface area contributed by atoms with E-state index < -0.39 is 11.6 Å². The van der Waals surface area contributed by atoms with Crippen molar-refractivity contribution in [2.24, 2.45) is 28.6 Å². The molecule has 0 aromatic carbocycles. The van der Waals surface area contributed by atoms with Crippen LogP contribution >= 0.6 is 0 Å². The van der Waals surface area contributed by atoms with Crippen LogP contribution in [0.1, 0.15) is 52.4 Å². The van der Waals surface area contributed by atoms with Crippen LogP contribution in [0.5, 0.6) is 0 Å². The maximum Gasteiger partial charge on any atom is 0.160 e. The number of hydrogen-bond acceptors (Lipinski definition) is 2. The molecule has 3 aliphatic carbocycles. The van der Waals surface area contributed by atoms with Crippen molar-refractivity contribution in [2.45, 2.75) is 58.5 Å². The summed E-state index contributed by atoms with van der Waals surface area (Å²) in [5.74, 6) is 1.72. The van der Waals surface area contributed by atoms with Crippen molar-refractivity contribution in [1.82, 2.24) is 4.90 Å². The Hall–Kier alpha value is -0.860. The third-order valence-electron chi connectivity index (χ3n) is 7.77. The van der Waals surface area contributed by atoms with E-state index in [-0.39, 0.29) is 12.2 Å². The first kappa shape index (κ1) is 14.7. The average Bonchev–Trinajstić information content (AvgIpc) is 2.84. The lowest BCUT2D eigenvalue weighted by Gasteiger charge is -2.60. The summed E-state index contributed by atoms with van der Waals surface area (Å²) in [5.41, 5.74) is 1.00. The number of carbonyl (C=O) groups is 1. The number of carbonyl (C=O) groups excluding carboxylic acids is 1. The van der Waals surface area contributed by atoms with E-state index in [2.05, 4.69) is 25.8 Å². The number of nitrogens with zero attached hydrogens (tertiary/aromatic N) is 1. The molecule has 122 valence electrons.